The summed E-state index contributed by atoms with van der Waals surface area (Å²) in [5.41, 5.74) is 7.23. The second kappa shape index (κ2) is 6.41. The third kappa shape index (κ3) is 3.29. The zero-order valence-corrected chi connectivity index (χ0v) is 11.5. The highest BCUT2D eigenvalue weighted by atomic mass is 35.5. The molecule has 4 N–H and O–H groups in total. The topological polar surface area (TPSA) is 75.4 Å². The molecule has 2 aromatic rings. The molecule has 1 amide bonds. The number of hydrogen-bond donors (Lipinski definition) is 3. The fourth-order valence-electron chi connectivity index (χ4n) is 1.88. The minimum atomic E-state index is -0.484. The first-order valence-electron chi connectivity index (χ1n) is 6.13. The van der Waals surface area contributed by atoms with E-state index in [1.165, 1.54) is 6.07 Å². The van der Waals surface area contributed by atoms with Crippen molar-refractivity contribution in [3.8, 4) is 0 Å². The number of nitrogens with one attached hydrogen (secondary N) is 1. The molecule has 20 heavy (non-hydrogen) atoms. The van der Waals surface area contributed by atoms with E-state index >= 15 is 0 Å². The van der Waals surface area contributed by atoms with Crippen LogP contribution >= 0.6 is 11.6 Å². The van der Waals surface area contributed by atoms with Gasteiger partial charge in [0.1, 0.15) is 0 Å². The lowest BCUT2D eigenvalue weighted by Crippen LogP contribution is -2.31. The van der Waals surface area contributed by atoms with Gasteiger partial charge in [-0.25, -0.2) is 0 Å². The molecular weight excluding hydrogens is 276 g/mol. The van der Waals surface area contributed by atoms with Crippen molar-refractivity contribution in [2.24, 2.45) is 0 Å². The molecule has 0 saturated carbocycles. The molecule has 0 aliphatic heterocycles. The van der Waals surface area contributed by atoms with Crippen LogP contribution < -0.4 is 11.1 Å². The van der Waals surface area contributed by atoms with Crippen molar-refractivity contribution >= 4 is 23.2 Å². The highest BCUT2D eigenvalue weighted by Gasteiger charge is 2.16. The monoisotopic (exact) mass is 290 g/mol. The van der Waals surface area contributed by atoms with Gasteiger partial charge in [0.25, 0.3) is 5.91 Å². The number of aliphatic hydroxyl groups is 1. The molecule has 0 unspecified atom stereocenters. The minimum Gasteiger partial charge on any atom is -0.398 e. The molecule has 0 radical (unpaired) electrons. The highest BCUT2D eigenvalue weighted by Crippen LogP contribution is 2.19. The van der Waals surface area contributed by atoms with Crippen molar-refractivity contribution in [1.82, 2.24) is 5.32 Å². The Morgan fingerprint density at radius 2 is 1.95 bits per heavy atom. The number of hydrogen-bond acceptors (Lipinski definition) is 3. The quantitative estimate of drug-likeness (QED) is 0.757. The Labute approximate surface area is 122 Å². The molecule has 0 bridgehead atoms. The third-order valence-corrected chi connectivity index (χ3v) is 3.18. The van der Waals surface area contributed by atoms with Crippen LogP contribution in [0.2, 0.25) is 5.02 Å². The Morgan fingerprint density at radius 1 is 1.25 bits per heavy atom. The molecule has 2 rings (SSSR count). The van der Waals surface area contributed by atoms with Gasteiger partial charge in [0.2, 0.25) is 0 Å². The number of carbonyl (C=O) groups excluding carboxylic acids is 1. The van der Waals surface area contributed by atoms with Gasteiger partial charge in [-0.2, -0.15) is 0 Å². The molecule has 1 atom stereocenters. The fraction of sp³-hybridized carbons (Fsp3) is 0.133. The number of nitrogens with two attached hydrogens (primary N) is 1. The van der Waals surface area contributed by atoms with E-state index in [-0.39, 0.29) is 12.5 Å². The highest BCUT2D eigenvalue weighted by molar-refractivity contribution is 6.31. The third-order valence-electron chi connectivity index (χ3n) is 2.95. The molecule has 0 aromatic heterocycles. The van der Waals surface area contributed by atoms with Gasteiger partial charge >= 0.3 is 0 Å². The van der Waals surface area contributed by atoms with Crippen molar-refractivity contribution in [1.29, 1.82) is 0 Å². The second-order valence-electron chi connectivity index (χ2n) is 4.35. The summed E-state index contributed by atoms with van der Waals surface area (Å²) in [5, 5.41) is 12.6. The van der Waals surface area contributed by atoms with E-state index in [2.05, 4.69) is 5.32 Å². The summed E-state index contributed by atoms with van der Waals surface area (Å²) in [6.07, 6.45) is 0. The molecule has 0 fully saturated rings. The number of rotatable bonds is 4. The van der Waals surface area contributed by atoms with E-state index in [0.717, 1.165) is 5.56 Å². The van der Waals surface area contributed by atoms with Gasteiger partial charge in [0.05, 0.1) is 18.2 Å². The molecule has 0 aliphatic rings. The number of benzene rings is 2. The summed E-state index contributed by atoms with van der Waals surface area (Å²) in [4.78, 5) is 12.2. The number of anilines is 1. The summed E-state index contributed by atoms with van der Waals surface area (Å²) in [5.74, 6) is -0.368. The standard InChI is InChI=1S/C15H15ClN2O2/c16-11-6-7-13(17)12(8-11)15(20)18-14(9-19)10-4-2-1-3-5-10/h1-8,14,19H,9,17H2,(H,18,20)/t14-/m0/s1. The number of nitrogen functional groups attached to an aromatic ring is 1. The van der Waals surface area contributed by atoms with Crippen LogP contribution in [-0.2, 0) is 0 Å². The molecule has 2 aromatic carbocycles. The zero-order chi connectivity index (χ0) is 14.5. The maximum Gasteiger partial charge on any atom is 0.253 e. The van der Waals surface area contributed by atoms with Gasteiger partial charge in [-0.1, -0.05) is 41.9 Å². The fourth-order valence-corrected chi connectivity index (χ4v) is 2.05. The summed E-state index contributed by atoms with van der Waals surface area (Å²) in [6.45, 7) is -0.198. The molecule has 5 heteroatoms. The van der Waals surface area contributed by atoms with Crippen LogP contribution in [0.15, 0.2) is 48.5 Å². The van der Waals surface area contributed by atoms with E-state index in [4.69, 9.17) is 17.3 Å². The van der Waals surface area contributed by atoms with Crippen molar-refractivity contribution in [2.75, 3.05) is 12.3 Å². The van der Waals surface area contributed by atoms with Crippen LogP contribution in [-0.4, -0.2) is 17.6 Å². The van der Waals surface area contributed by atoms with Crippen LogP contribution in [0.5, 0.6) is 0 Å². The van der Waals surface area contributed by atoms with E-state index in [1.807, 2.05) is 30.3 Å². The van der Waals surface area contributed by atoms with Gasteiger partial charge in [0.15, 0.2) is 0 Å². The number of halogens is 1. The SMILES string of the molecule is Nc1ccc(Cl)cc1C(=O)N[C@@H](CO)c1ccccc1. The molecule has 4 nitrogen and oxygen atoms in total. The lowest BCUT2D eigenvalue weighted by atomic mass is 10.1. The molecule has 0 heterocycles. The van der Waals surface area contributed by atoms with Gasteiger partial charge in [-0.15, -0.1) is 0 Å². The number of amides is 1. The average molecular weight is 291 g/mol. The molecular formula is C15H15ClN2O2. The van der Waals surface area contributed by atoms with E-state index < -0.39 is 6.04 Å². The largest absolute Gasteiger partial charge is 0.398 e. The first kappa shape index (κ1) is 14.4. The molecule has 0 spiro atoms. The normalized spacial score (nSPS) is 11.9. The Bertz CT molecular complexity index is 602. The zero-order valence-electron chi connectivity index (χ0n) is 10.7. The minimum absolute atomic E-state index is 0.198. The van der Waals surface area contributed by atoms with Crippen molar-refractivity contribution in [2.45, 2.75) is 6.04 Å². The number of aliphatic hydroxyl groups excluding tert-OH is 1. The van der Waals surface area contributed by atoms with Gasteiger partial charge < -0.3 is 16.2 Å². The lowest BCUT2D eigenvalue weighted by Gasteiger charge is -2.17. The van der Waals surface area contributed by atoms with Crippen LogP contribution in [0.3, 0.4) is 0 Å². The first-order chi connectivity index (χ1) is 9.61. The Kier molecular flexibility index (Phi) is 4.61. The van der Waals surface area contributed by atoms with Crippen LogP contribution in [0, 0.1) is 0 Å². The van der Waals surface area contributed by atoms with Gasteiger partial charge in [-0.3, -0.25) is 4.79 Å². The Morgan fingerprint density at radius 3 is 2.60 bits per heavy atom. The maximum absolute atomic E-state index is 12.2. The Hall–Kier alpha value is -2.04. The molecule has 104 valence electrons. The van der Waals surface area contributed by atoms with Gasteiger partial charge in [-0.05, 0) is 23.8 Å². The van der Waals surface area contributed by atoms with Crippen molar-refractivity contribution in [3.63, 3.8) is 0 Å². The first-order valence-corrected chi connectivity index (χ1v) is 6.51. The summed E-state index contributed by atoms with van der Waals surface area (Å²) < 4.78 is 0. The average Bonchev–Trinajstić information content (AvgIpc) is 2.48. The van der Waals surface area contributed by atoms with Crippen LogP contribution in [0.1, 0.15) is 22.0 Å². The predicted molar refractivity (Wildman–Crippen MR) is 79.6 cm³/mol. The maximum atomic E-state index is 12.2. The van der Waals surface area contributed by atoms with Gasteiger partial charge in [0, 0.05) is 10.7 Å². The summed E-state index contributed by atoms with van der Waals surface area (Å²) in [6, 6.07) is 13.4. The molecule has 0 saturated heterocycles. The number of carbonyl (C=O) groups is 1. The second-order valence-corrected chi connectivity index (χ2v) is 4.79. The molecule has 0 aliphatic carbocycles. The van der Waals surface area contributed by atoms with E-state index in [9.17, 15) is 9.90 Å². The van der Waals surface area contributed by atoms with Crippen LogP contribution in [0.25, 0.3) is 0 Å². The van der Waals surface area contributed by atoms with Crippen molar-refractivity contribution < 1.29 is 9.90 Å². The smallest absolute Gasteiger partial charge is 0.253 e. The van der Waals surface area contributed by atoms with E-state index in [0.29, 0.717) is 16.3 Å². The summed E-state index contributed by atoms with van der Waals surface area (Å²) >= 11 is 5.86. The summed E-state index contributed by atoms with van der Waals surface area (Å²) in [7, 11) is 0. The Balaban J connectivity index is 2.20. The van der Waals surface area contributed by atoms with E-state index in [1.54, 1.807) is 12.1 Å². The van der Waals surface area contributed by atoms with Crippen molar-refractivity contribution in [3.05, 3.63) is 64.7 Å². The van der Waals surface area contributed by atoms with Crippen LogP contribution in [0.4, 0.5) is 5.69 Å². The predicted octanol–water partition coefficient (Wildman–Crippen LogP) is 2.39. The lowest BCUT2D eigenvalue weighted by molar-refractivity contribution is 0.0917.